The number of ether oxygens (including phenoxy) is 2. The van der Waals surface area contributed by atoms with E-state index in [2.05, 4.69) is 5.32 Å². The maximum absolute atomic E-state index is 14.1. The van der Waals surface area contributed by atoms with E-state index < -0.39 is 43.8 Å². The molecule has 1 aliphatic heterocycles. The number of nitrogens with one attached hydrogen (secondary N) is 1. The first-order chi connectivity index (χ1) is 18.9. The van der Waals surface area contributed by atoms with Gasteiger partial charge in [-0.25, -0.2) is 14.2 Å². The van der Waals surface area contributed by atoms with Crippen molar-refractivity contribution in [1.82, 2.24) is 9.47 Å². The Balaban J connectivity index is 2.05. The number of fused-ring (bicyclic) bond motifs is 1. The number of amides is 2. The summed E-state index contributed by atoms with van der Waals surface area (Å²) in [6, 6.07) is 4.76. The molecule has 220 valence electrons. The van der Waals surface area contributed by atoms with Crippen molar-refractivity contribution in [2.45, 2.75) is 53.6 Å². The van der Waals surface area contributed by atoms with E-state index >= 15 is 0 Å². The van der Waals surface area contributed by atoms with E-state index in [9.17, 15) is 19.2 Å². The predicted molar refractivity (Wildman–Crippen MR) is 153 cm³/mol. The molecule has 1 atom stereocenters. The molecule has 1 aliphatic rings. The molecule has 1 aromatic heterocycles. The van der Waals surface area contributed by atoms with Gasteiger partial charge < -0.3 is 28.7 Å². The van der Waals surface area contributed by atoms with Gasteiger partial charge in [0.05, 0.1) is 37.2 Å². The van der Waals surface area contributed by atoms with E-state index in [1.807, 2.05) is 0 Å². The van der Waals surface area contributed by atoms with Crippen LogP contribution in [0.4, 0.5) is 15.3 Å². The molecule has 1 fully saturated rings. The average molecular weight is 598 g/mol. The molecule has 0 aliphatic carbocycles. The van der Waals surface area contributed by atoms with Crippen LogP contribution in [0.15, 0.2) is 18.2 Å². The second kappa shape index (κ2) is 13.8. The van der Waals surface area contributed by atoms with Gasteiger partial charge in [-0.05, 0) is 66.2 Å². The van der Waals surface area contributed by atoms with Gasteiger partial charge in [-0.3, -0.25) is 9.59 Å². The van der Waals surface area contributed by atoms with Crippen LogP contribution in [0.2, 0.25) is 5.02 Å². The molecular weight excluding hydrogens is 561 g/mol. The van der Waals surface area contributed by atoms with Gasteiger partial charge in [0.1, 0.15) is 11.3 Å². The van der Waals surface area contributed by atoms with Gasteiger partial charge in [-0.15, -0.1) is 0 Å². The molecule has 0 radical (unpaired) electrons. The van der Waals surface area contributed by atoms with Crippen LogP contribution in [0.3, 0.4) is 0 Å². The zero-order valence-corrected chi connectivity index (χ0v) is 25.4. The number of anilines is 1. The minimum atomic E-state index is -1.50. The zero-order chi connectivity index (χ0) is 29.6. The summed E-state index contributed by atoms with van der Waals surface area (Å²) >= 11 is 6.29. The average Bonchev–Trinajstić information content (AvgIpc) is 3.47. The second-order valence-electron chi connectivity index (χ2n) is 10.1. The van der Waals surface area contributed by atoms with Gasteiger partial charge in [0, 0.05) is 29.4 Å². The monoisotopic (exact) mass is 597 g/mol. The Morgan fingerprint density at radius 1 is 1.05 bits per heavy atom. The molecule has 1 saturated heterocycles. The number of hydrogen-bond donors (Lipinski definition) is 1. The standard InChI is InChI=1S/C27H37ClN3O8P/c1-7-36-26(35)31-20-11-10-18(28)14-19(20)22(29-21(32)16-40(37-8-2)38-9-3)23(31)24(33)17-12-13-30(15-17)25(34)39-27(4,5)6/h10-11,14,17H,7-9,12-13,15-16H2,1-6H3,(H,29,32). The Morgan fingerprint density at radius 2 is 1.73 bits per heavy atom. The zero-order valence-electron chi connectivity index (χ0n) is 23.7. The molecule has 3 rings (SSSR count). The van der Waals surface area contributed by atoms with Crippen molar-refractivity contribution >= 4 is 60.4 Å². The van der Waals surface area contributed by atoms with Gasteiger partial charge >= 0.3 is 12.2 Å². The van der Waals surface area contributed by atoms with Gasteiger partial charge in [0.25, 0.3) is 0 Å². The third kappa shape index (κ3) is 7.72. The largest absolute Gasteiger partial charge is 0.449 e. The van der Waals surface area contributed by atoms with Gasteiger partial charge in [-0.1, -0.05) is 11.6 Å². The predicted octanol–water partition coefficient (Wildman–Crippen LogP) is 6.06. The smallest absolute Gasteiger partial charge is 0.419 e. The highest BCUT2D eigenvalue weighted by Crippen LogP contribution is 2.40. The minimum Gasteiger partial charge on any atom is -0.449 e. The van der Waals surface area contributed by atoms with Crippen LogP contribution in [0.1, 0.15) is 58.5 Å². The lowest BCUT2D eigenvalue weighted by molar-refractivity contribution is -0.114. The van der Waals surface area contributed by atoms with Gasteiger partial charge in [0.15, 0.2) is 14.2 Å². The SMILES string of the molecule is CCOC(=O)n1c(C(=O)C2CCN(C(=O)OC(C)(C)C)C2)c(NC(=O)CP(OCC)OCC)c2cc(Cl)ccc21. The van der Waals surface area contributed by atoms with Crippen molar-refractivity contribution in [3.63, 3.8) is 0 Å². The number of halogens is 1. The lowest BCUT2D eigenvalue weighted by Gasteiger charge is -2.24. The molecule has 13 heteroatoms. The van der Waals surface area contributed by atoms with E-state index in [4.69, 9.17) is 30.1 Å². The first-order valence-corrected chi connectivity index (χ1v) is 15.0. The van der Waals surface area contributed by atoms with Crippen LogP contribution in [0.5, 0.6) is 0 Å². The van der Waals surface area contributed by atoms with Crippen molar-refractivity contribution in [2.75, 3.05) is 44.4 Å². The summed E-state index contributed by atoms with van der Waals surface area (Å²) in [5, 5.41) is 3.57. The number of carbonyl (C=O) groups excluding carboxylic acids is 4. The molecule has 40 heavy (non-hydrogen) atoms. The van der Waals surface area contributed by atoms with Crippen LogP contribution >= 0.6 is 20.0 Å². The lowest BCUT2D eigenvalue weighted by atomic mass is 9.99. The summed E-state index contributed by atoms with van der Waals surface area (Å²) in [5.41, 5.74) is -0.244. The van der Waals surface area contributed by atoms with Gasteiger partial charge in [-0.2, -0.15) is 0 Å². The fourth-order valence-corrected chi connectivity index (χ4v) is 5.69. The molecule has 1 aromatic carbocycles. The molecule has 11 nitrogen and oxygen atoms in total. The summed E-state index contributed by atoms with van der Waals surface area (Å²) < 4.78 is 23.0. The maximum atomic E-state index is 14.1. The summed E-state index contributed by atoms with van der Waals surface area (Å²) in [7, 11) is -1.50. The first-order valence-electron chi connectivity index (χ1n) is 13.3. The molecule has 2 aromatic rings. The van der Waals surface area contributed by atoms with E-state index in [1.165, 1.54) is 4.90 Å². The Bertz CT molecular complexity index is 1250. The second-order valence-corrected chi connectivity index (χ2v) is 12.0. The number of carbonyl (C=O) groups is 4. The number of hydrogen-bond acceptors (Lipinski definition) is 8. The number of Topliss-reactive ketones (excluding diaryl/α,β-unsaturated/α-hetero) is 1. The molecule has 1 N–H and O–H groups in total. The molecule has 0 spiro atoms. The molecule has 2 heterocycles. The molecule has 0 bridgehead atoms. The highest BCUT2D eigenvalue weighted by atomic mass is 35.5. The van der Waals surface area contributed by atoms with E-state index in [1.54, 1.807) is 59.7 Å². The number of likely N-dealkylation sites (tertiary alicyclic amines) is 1. The van der Waals surface area contributed by atoms with Crippen LogP contribution in [-0.4, -0.2) is 78.0 Å². The summed E-state index contributed by atoms with van der Waals surface area (Å²) in [6.07, 6.45) is -1.01. The number of benzene rings is 1. The van der Waals surface area contributed by atoms with E-state index in [-0.39, 0.29) is 30.7 Å². The number of rotatable bonds is 10. The lowest BCUT2D eigenvalue weighted by Crippen LogP contribution is -2.36. The highest BCUT2D eigenvalue weighted by Gasteiger charge is 2.38. The van der Waals surface area contributed by atoms with Crippen molar-refractivity contribution in [3.8, 4) is 0 Å². The number of aromatic nitrogens is 1. The topological polar surface area (TPSA) is 125 Å². The minimum absolute atomic E-state index is 0.0442. The third-order valence-electron chi connectivity index (χ3n) is 5.91. The van der Waals surface area contributed by atoms with Gasteiger partial charge in [0.2, 0.25) is 5.91 Å². The number of ketones is 1. The Hall–Kier alpha value is -2.72. The van der Waals surface area contributed by atoms with Crippen LogP contribution in [0.25, 0.3) is 10.9 Å². The first kappa shape index (κ1) is 31.8. The van der Waals surface area contributed by atoms with Crippen LogP contribution < -0.4 is 5.32 Å². The summed E-state index contributed by atoms with van der Waals surface area (Å²) in [5.74, 6) is -1.51. The summed E-state index contributed by atoms with van der Waals surface area (Å²) in [6.45, 7) is 11.8. The Labute approximate surface area is 240 Å². The Kier molecular flexibility index (Phi) is 10.9. The molecular formula is C27H37ClN3O8P. The highest BCUT2D eigenvalue weighted by molar-refractivity contribution is 7.48. The normalized spacial score (nSPS) is 15.5. The van der Waals surface area contributed by atoms with Crippen molar-refractivity contribution in [3.05, 3.63) is 28.9 Å². The van der Waals surface area contributed by atoms with Crippen LogP contribution in [-0.2, 0) is 23.3 Å². The van der Waals surface area contributed by atoms with Crippen molar-refractivity contribution in [2.24, 2.45) is 5.92 Å². The summed E-state index contributed by atoms with van der Waals surface area (Å²) in [4.78, 5) is 54.6. The fraction of sp³-hybridized carbons (Fsp3) is 0.556. The fourth-order valence-electron chi connectivity index (χ4n) is 4.37. The quantitative estimate of drug-likeness (QED) is 0.259. The Morgan fingerprint density at radius 3 is 2.33 bits per heavy atom. The van der Waals surface area contributed by atoms with E-state index in [0.29, 0.717) is 42.1 Å². The molecule has 2 amide bonds. The van der Waals surface area contributed by atoms with E-state index in [0.717, 1.165) is 4.57 Å². The molecule has 0 saturated carbocycles. The molecule has 1 unspecified atom stereocenters. The van der Waals surface area contributed by atoms with Crippen molar-refractivity contribution in [1.29, 1.82) is 0 Å². The third-order valence-corrected chi connectivity index (χ3v) is 7.78. The number of nitrogens with zero attached hydrogens (tertiary/aromatic N) is 2. The van der Waals surface area contributed by atoms with Crippen LogP contribution in [0, 0.1) is 5.92 Å². The van der Waals surface area contributed by atoms with Crippen molar-refractivity contribution < 1.29 is 37.7 Å². The maximum Gasteiger partial charge on any atom is 0.419 e.